The molecule has 2 aliphatic heterocycles. The van der Waals surface area contributed by atoms with Crippen LogP contribution in [0.5, 0.6) is 0 Å². The van der Waals surface area contributed by atoms with Gasteiger partial charge in [0.25, 0.3) is 0 Å². The Hall–Kier alpha value is -0.560. The van der Waals surface area contributed by atoms with Gasteiger partial charge in [0.2, 0.25) is 0 Å². The molecule has 15 N–H and O–H groups in total. The molecule has 14 nitrogen and oxygen atoms in total. The average molecular weight is 468 g/mol. The van der Waals surface area contributed by atoms with Gasteiger partial charge in [0, 0.05) is 18.6 Å². The van der Waals surface area contributed by atoms with Crippen molar-refractivity contribution in [3.63, 3.8) is 0 Å². The molecule has 1 aliphatic carbocycles. The molecular weight excluding hydrogens is 430 g/mol. The molecule has 1 unspecified atom stereocenters. The van der Waals surface area contributed by atoms with Gasteiger partial charge in [-0.2, -0.15) is 0 Å². The fourth-order valence-electron chi connectivity index (χ4n) is 4.43. The van der Waals surface area contributed by atoms with Gasteiger partial charge in [-0.05, 0) is 12.8 Å². The van der Waals surface area contributed by atoms with Crippen LogP contribution in [0.4, 0.5) is 0 Å². The summed E-state index contributed by atoms with van der Waals surface area (Å²) in [5, 5.41) is 50.7. The van der Waals surface area contributed by atoms with Crippen molar-refractivity contribution in [2.75, 3.05) is 13.2 Å². The van der Waals surface area contributed by atoms with Crippen molar-refractivity contribution in [2.24, 2.45) is 28.7 Å². The van der Waals surface area contributed by atoms with Crippen LogP contribution in [0, 0.1) is 0 Å². The highest BCUT2D eigenvalue weighted by Crippen LogP contribution is 2.30. The van der Waals surface area contributed by atoms with Gasteiger partial charge in [0.15, 0.2) is 12.6 Å². The Balaban J connectivity index is 1.70. The molecule has 2 heterocycles. The Labute approximate surface area is 185 Å². The number of ether oxygens (including phenoxy) is 4. The second-order valence-electron chi connectivity index (χ2n) is 8.78. The van der Waals surface area contributed by atoms with Gasteiger partial charge in [-0.3, -0.25) is 0 Å². The lowest BCUT2D eigenvalue weighted by atomic mass is 9.84. The summed E-state index contributed by atoms with van der Waals surface area (Å²) in [7, 11) is 0. The summed E-state index contributed by atoms with van der Waals surface area (Å²) in [6, 6.07) is -3.27. The number of rotatable bonds is 6. The Bertz CT molecular complexity index is 607. The zero-order valence-corrected chi connectivity index (χ0v) is 17.7. The lowest BCUT2D eigenvalue weighted by molar-refractivity contribution is -0.314. The molecule has 14 atom stereocenters. The highest BCUT2D eigenvalue weighted by Gasteiger charge is 2.50. The summed E-state index contributed by atoms with van der Waals surface area (Å²) in [4.78, 5) is 0. The first-order valence-corrected chi connectivity index (χ1v) is 10.8. The van der Waals surface area contributed by atoms with Crippen molar-refractivity contribution >= 4 is 0 Å². The van der Waals surface area contributed by atoms with Crippen LogP contribution >= 0.6 is 0 Å². The predicted octanol–water partition coefficient (Wildman–Crippen LogP) is -6.30. The van der Waals surface area contributed by atoms with E-state index in [0.717, 1.165) is 0 Å². The first kappa shape index (κ1) is 26.1. The molecule has 0 aromatic heterocycles. The van der Waals surface area contributed by atoms with E-state index in [0.29, 0.717) is 0 Å². The van der Waals surface area contributed by atoms with Crippen LogP contribution in [0.1, 0.15) is 12.8 Å². The van der Waals surface area contributed by atoms with Crippen molar-refractivity contribution in [3.05, 3.63) is 0 Å². The summed E-state index contributed by atoms with van der Waals surface area (Å²) < 4.78 is 22.7. The number of nitrogens with two attached hydrogens (primary N) is 5. The molecule has 3 fully saturated rings. The molecule has 0 aromatic carbocycles. The standard InChI is InChI=1S/C18H37N5O9/c19-3-9-8(25)2-7(22)17(29-9)31-15-5(20)1-6(21)16(14(15)28)32-18-13(27)11(23)12(26)10(4-24)30-18/h5-18,24-28H,1-4,19-23H2/t5-,6+,7+,8?,9+,10+,11-,12+,13+,14-,15+,16-,17+,18+/m0/s1. The fraction of sp³-hybridized carbons (Fsp3) is 1.00. The van der Waals surface area contributed by atoms with Gasteiger partial charge in [-0.1, -0.05) is 0 Å². The minimum absolute atomic E-state index is 0.0542. The van der Waals surface area contributed by atoms with Crippen LogP contribution in [0.15, 0.2) is 0 Å². The highest BCUT2D eigenvalue weighted by atomic mass is 16.7. The van der Waals surface area contributed by atoms with Crippen LogP contribution in [0.2, 0.25) is 0 Å². The summed E-state index contributed by atoms with van der Waals surface area (Å²) in [5.41, 5.74) is 29.8. The van der Waals surface area contributed by atoms with Crippen molar-refractivity contribution in [3.8, 4) is 0 Å². The second-order valence-corrected chi connectivity index (χ2v) is 8.78. The van der Waals surface area contributed by atoms with E-state index in [4.69, 9.17) is 47.6 Å². The lowest BCUT2D eigenvalue weighted by Crippen LogP contribution is -2.68. The molecule has 2 saturated heterocycles. The first-order chi connectivity index (χ1) is 15.1. The molecule has 0 spiro atoms. The highest BCUT2D eigenvalue weighted by molar-refractivity contribution is 5.01. The topological polar surface area (TPSA) is 268 Å². The van der Waals surface area contributed by atoms with Crippen LogP contribution in [-0.2, 0) is 18.9 Å². The maximum atomic E-state index is 11.0. The molecule has 0 bridgehead atoms. The third-order valence-electron chi connectivity index (χ3n) is 6.41. The summed E-state index contributed by atoms with van der Waals surface area (Å²) in [5.74, 6) is 0. The third kappa shape index (κ3) is 5.24. The Morgan fingerprint density at radius 2 is 1.28 bits per heavy atom. The van der Waals surface area contributed by atoms with Crippen molar-refractivity contribution in [1.29, 1.82) is 0 Å². The monoisotopic (exact) mass is 467 g/mol. The maximum absolute atomic E-state index is 11.0. The maximum Gasteiger partial charge on any atom is 0.186 e. The predicted molar refractivity (Wildman–Crippen MR) is 108 cm³/mol. The molecule has 3 aliphatic rings. The van der Waals surface area contributed by atoms with Gasteiger partial charge in [-0.15, -0.1) is 0 Å². The van der Waals surface area contributed by atoms with Crippen molar-refractivity contribution in [2.45, 2.75) is 98.4 Å². The van der Waals surface area contributed by atoms with E-state index in [1.54, 1.807) is 0 Å². The molecule has 3 rings (SSSR count). The average Bonchev–Trinajstić information content (AvgIpc) is 2.75. The van der Waals surface area contributed by atoms with Crippen LogP contribution < -0.4 is 28.7 Å². The van der Waals surface area contributed by atoms with Crippen molar-refractivity contribution in [1.82, 2.24) is 0 Å². The molecular formula is C18H37N5O9. The normalized spacial score (nSPS) is 52.7. The molecule has 0 aromatic rings. The number of aliphatic hydroxyl groups excluding tert-OH is 5. The summed E-state index contributed by atoms with van der Waals surface area (Å²) in [6.45, 7) is -0.499. The largest absolute Gasteiger partial charge is 0.394 e. The minimum atomic E-state index is -1.44. The van der Waals surface area contributed by atoms with E-state index in [-0.39, 0.29) is 19.4 Å². The summed E-state index contributed by atoms with van der Waals surface area (Å²) >= 11 is 0. The van der Waals surface area contributed by atoms with E-state index < -0.39 is 92.2 Å². The van der Waals surface area contributed by atoms with Gasteiger partial charge in [0.05, 0.1) is 30.9 Å². The number of hydrogen-bond acceptors (Lipinski definition) is 14. The fourth-order valence-corrected chi connectivity index (χ4v) is 4.43. The van der Waals surface area contributed by atoms with Crippen LogP contribution in [0.3, 0.4) is 0 Å². The minimum Gasteiger partial charge on any atom is -0.394 e. The quantitative estimate of drug-likeness (QED) is 0.174. The second kappa shape index (κ2) is 10.8. The Morgan fingerprint density at radius 3 is 1.84 bits per heavy atom. The van der Waals surface area contributed by atoms with E-state index in [9.17, 15) is 25.5 Å². The van der Waals surface area contributed by atoms with Crippen molar-refractivity contribution < 1.29 is 44.5 Å². The van der Waals surface area contributed by atoms with E-state index in [2.05, 4.69) is 0 Å². The van der Waals surface area contributed by atoms with E-state index in [1.807, 2.05) is 0 Å². The zero-order chi connectivity index (χ0) is 23.7. The van der Waals surface area contributed by atoms with Gasteiger partial charge < -0.3 is 73.1 Å². The van der Waals surface area contributed by atoms with Gasteiger partial charge in [0.1, 0.15) is 36.6 Å². The molecule has 0 radical (unpaired) electrons. The van der Waals surface area contributed by atoms with Gasteiger partial charge in [-0.25, -0.2) is 0 Å². The van der Waals surface area contributed by atoms with Gasteiger partial charge >= 0.3 is 0 Å². The Kier molecular flexibility index (Phi) is 8.79. The lowest BCUT2D eigenvalue weighted by Gasteiger charge is -2.47. The molecule has 188 valence electrons. The zero-order valence-electron chi connectivity index (χ0n) is 17.7. The summed E-state index contributed by atoms with van der Waals surface area (Å²) in [6.07, 6.45) is -10.8. The molecule has 0 amide bonds. The molecule has 1 saturated carbocycles. The van der Waals surface area contributed by atoms with Crippen LogP contribution in [0.25, 0.3) is 0 Å². The van der Waals surface area contributed by atoms with E-state index in [1.165, 1.54) is 0 Å². The van der Waals surface area contributed by atoms with E-state index >= 15 is 0 Å². The first-order valence-electron chi connectivity index (χ1n) is 10.8. The molecule has 32 heavy (non-hydrogen) atoms. The number of hydrogen-bond donors (Lipinski definition) is 10. The van der Waals surface area contributed by atoms with Crippen LogP contribution in [-0.4, -0.2) is 124 Å². The number of aliphatic hydroxyl groups is 5. The SMILES string of the molecule is NC[C@H]1O[C@H](O[C@H]2[C@H](O)[C@@H](O[C@H]3O[C@H](CO)[C@@H](O)[C@H](N)[C@H]3O)[C@H](N)C[C@@H]2N)[C@H](N)CC1O. The molecule has 14 heteroatoms. The third-order valence-corrected chi connectivity index (χ3v) is 6.41. The smallest absolute Gasteiger partial charge is 0.186 e. The Morgan fingerprint density at radius 1 is 0.719 bits per heavy atom.